The number of ether oxygens (including phenoxy) is 2. The lowest BCUT2D eigenvalue weighted by Crippen LogP contribution is -2.47. The number of amides is 2. The first-order valence-corrected chi connectivity index (χ1v) is 7.09. The van der Waals surface area contributed by atoms with Crippen molar-refractivity contribution < 1.29 is 23.5 Å². The van der Waals surface area contributed by atoms with Gasteiger partial charge in [-0.1, -0.05) is 6.07 Å². The van der Waals surface area contributed by atoms with Gasteiger partial charge in [0.25, 0.3) is 5.91 Å². The van der Waals surface area contributed by atoms with Gasteiger partial charge >= 0.3 is 6.09 Å². The first kappa shape index (κ1) is 16.1. The summed E-state index contributed by atoms with van der Waals surface area (Å²) in [4.78, 5) is 24.8. The number of rotatable bonds is 4. The minimum Gasteiger partial charge on any atom is -0.484 e. The number of hydrogen-bond acceptors (Lipinski definition) is 4. The van der Waals surface area contributed by atoms with Crippen LogP contribution in [0.5, 0.6) is 5.75 Å². The van der Waals surface area contributed by atoms with Crippen LogP contribution in [-0.4, -0.2) is 49.7 Å². The Morgan fingerprint density at radius 1 is 1.36 bits per heavy atom. The van der Waals surface area contributed by atoms with Crippen LogP contribution in [0.15, 0.2) is 24.3 Å². The lowest BCUT2D eigenvalue weighted by molar-refractivity contribution is -0.124. The zero-order valence-corrected chi connectivity index (χ0v) is 12.4. The van der Waals surface area contributed by atoms with Crippen molar-refractivity contribution in [3.8, 4) is 5.75 Å². The highest BCUT2D eigenvalue weighted by Gasteiger charge is 2.24. The van der Waals surface area contributed by atoms with Crippen LogP contribution in [-0.2, 0) is 9.53 Å². The molecular weight excluding hydrogens is 291 g/mol. The quantitative estimate of drug-likeness (QED) is 0.916. The lowest BCUT2D eigenvalue weighted by Gasteiger charge is -2.31. The molecule has 1 saturated heterocycles. The fourth-order valence-electron chi connectivity index (χ4n) is 2.31. The van der Waals surface area contributed by atoms with Crippen LogP contribution in [0, 0.1) is 5.82 Å². The summed E-state index contributed by atoms with van der Waals surface area (Å²) in [6.45, 7) is 0.922. The molecule has 22 heavy (non-hydrogen) atoms. The van der Waals surface area contributed by atoms with Crippen molar-refractivity contribution in [2.45, 2.75) is 18.9 Å². The van der Waals surface area contributed by atoms with Crippen LogP contribution < -0.4 is 10.1 Å². The van der Waals surface area contributed by atoms with E-state index in [0.717, 1.165) is 0 Å². The minimum absolute atomic E-state index is 0.00418. The van der Waals surface area contributed by atoms with Gasteiger partial charge in [0.05, 0.1) is 7.11 Å². The van der Waals surface area contributed by atoms with Crippen LogP contribution in [0.25, 0.3) is 0 Å². The average molecular weight is 310 g/mol. The number of benzene rings is 1. The van der Waals surface area contributed by atoms with Crippen LogP contribution in [0.1, 0.15) is 12.8 Å². The maximum Gasteiger partial charge on any atom is 0.409 e. The number of methoxy groups -OCH3 is 1. The second kappa shape index (κ2) is 7.63. The topological polar surface area (TPSA) is 67.9 Å². The third-order valence-electron chi connectivity index (χ3n) is 3.46. The van der Waals surface area contributed by atoms with Gasteiger partial charge in [0.2, 0.25) is 0 Å². The summed E-state index contributed by atoms with van der Waals surface area (Å²) >= 11 is 0. The van der Waals surface area contributed by atoms with Crippen molar-refractivity contribution >= 4 is 12.0 Å². The first-order valence-electron chi connectivity index (χ1n) is 7.09. The van der Waals surface area contributed by atoms with Gasteiger partial charge in [0.1, 0.15) is 11.6 Å². The van der Waals surface area contributed by atoms with E-state index >= 15 is 0 Å². The SMILES string of the molecule is COC(=O)N1CCC(NC(=O)COc2cccc(F)c2)CC1. The van der Waals surface area contributed by atoms with E-state index in [1.807, 2.05) is 0 Å². The summed E-state index contributed by atoms with van der Waals surface area (Å²) in [7, 11) is 1.35. The highest BCUT2D eigenvalue weighted by molar-refractivity contribution is 5.77. The molecule has 0 aromatic heterocycles. The zero-order chi connectivity index (χ0) is 15.9. The molecule has 0 aliphatic carbocycles. The molecule has 1 aromatic carbocycles. The molecule has 1 aliphatic heterocycles. The Kier molecular flexibility index (Phi) is 5.57. The summed E-state index contributed by atoms with van der Waals surface area (Å²) in [6, 6.07) is 5.64. The molecule has 1 aromatic rings. The molecule has 0 atom stereocenters. The smallest absolute Gasteiger partial charge is 0.409 e. The predicted molar refractivity (Wildman–Crippen MR) is 77.0 cm³/mol. The number of carbonyl (C=O) groups is 2. The number of hydrogen-bond donors (Lipinski definition) is 1. The normalized spacial score (nSPS) is 15.3. The summed E-state index contributed by atoms with van der Waals surface area (Å²) in [5.74, 6) is -0.357. The molecule has 0 bridgehead atoms. The maximum absolute atomic E-state index is 13.0. The van der Waals surface area contributed by atoms with E-state index in [4.69, 9.17) is 4.74 Å². The van der Waals surface area contributed by atoms with Gasteiger partial charge in [0.15, 0.2) is 6.61 Å². The minimum atomic E-state index is -0.409. The molecule has 6 nitrogen and oxygen atoms in total. The fourth-order valence-corrected chi connectivity index (χ4v) is 2.31. The Labute approximate surface area is 128 Å². The maximum atomic E-state index is 13.0. The predicted octanol–water partition coefficient (Wildman–Crippen LogP) is 1.55. The monoisotopic (exact) mass is 310 g/mol. The van der Waals surface area contributed by atoms with E-state index in [9.17, 15) is 14.0 Å². The molecule has 1 fully saturated rings. The highest BCUT2D eigenvalue weighted by atomic mass is 19.1. The summed E-state index contributed by atoms with van der Waals surface area (Å²) < 4.78 is 22.9. The summed E-state index contributed by atoms with van der Waals surface area (Å²) in [6.07, 6.45) is 0.987. The van der Waals surface area contributed by atoms with Gasteiger partial charge < -0.3 is 19.7 Å². The van der Waals surface area contributed by atoms with Crippen molar-refractivity contribution in [2.24, 2.45) is 0 Å². The molecule has 1 N–H and O–H groups in total. The van der Waals surface area contributed by atoms with Crippen molar-refractivity contribution in [1.29, 1.82) is 0 Å². The largest absolute Gasteiger partial charge is 0.484 e. The molecule has 2 amide bonds. The third-order valence-corrected chi connectivity index (χ3v) is 3.46. The standard InChI is InChI=1S/C15H19FN2O4/c1-21-15(20)18-7-5-12(6-8-18)17-14(19)10-22-13-4-2-3-11(16)9-13/h2-4,9,12H,5-8,10H2,1H3,(H,17,19). The molecule has 2 rings (SSSR count). The first-order chi connectivity index (χ1) is 10.6. The number of nitrogens with one attached hydrogen (secondary N) is 1. The van der Waals surface area contributed by atoms with Gasteiger partial charge in [-0.05, 0) is 25.0 Å². The number of piperidine rings is 1. The fraction of sp³-hybridized carbons (Fsp3) is 0.467. The number of nitrogens with zero attached hydrogens (tertiary/aromatic N) is 1. The van der Waals surface area contributed by atoms with Crippen molar-refractivity contribution in [3.05, 3.63) is 30.1 Å². The third kappa shape index (κ3) is 4.61. The Morgan fingerprint density at radius 3 is 2.73 bits per heavy atom. The van der Waals surface area contributed by atoms with E-state index < -0.39 is 5.82 Å². The Bertz CT molecular complexity index is 530. The van der Waals surface area contributed by atoms with Crippen molar-refractivity contribution in [2.75, 3.05) is 26.8 Å². The van der Waals surface area contributed by atoms with E-state index in [1.54, 1.807) is 11.0 Å². The Morgan fingerprint density at radius 2 is 2.09 bits per heavy atom. The Balaban J connectivity index is 1.71. The average Bonchev–Trinajstić information content (AvgIpc) is 2.53. The van der Waals surface area contributed by atoms with Crippen molar-refractivity contribution in [3.63, 3.8) is 0 Å². The molecule has 0 unspecified atom stereocenters. The van der Waals surface area contributed by atoms with E-state index in [-0.39, 0.29) is 24.6 Å². The van der Waals surface area contributed by atoms with Crippen LogP contribution in [0.4, 0.5) is 9.18 Å². The van der Waals surface area contributed by atoms with E-state index in [0.29, 0.717) is 31.7 Å². The number of carbonyl (C=O) groups excluding carboxylic acids is 2. The summed E-state index contributed by atoms with van der Waals surface area (Å²) in [5.41, 5.74) is 0. The Hall–Kier alpha value is -2.31. The molecule has 7 heteroatoms. The van der Waals surface area contributed by atoms with E-state index in [1.165, 1.54) is 25.3 Å². The highest BCUT2D eigenvalue weighted by Crippen LogP contribution is 2.13. The number of likely N-dealkylation sites (tertiary alicyclic amines) is 1. The lowest BCUT2D eigenvalue weighted by atomic mass is 10.1. The molecule has 1 heterocycles. The molecule has 0 saturated carbocycles. The molecular formula is C15H19FN2O4. The van der Waals surface area contributed by atoms with Gasteiger partial charge in [-0.2, -0.15) is 0 Å². The van der Waals surface area contributed by atoms with Crippen LogP contribution >= 0.6 is 0 Å². The molecule has 120 valence electrons. The van der Waals surface area contributed by atoms with E-state index in [2.05, 4.69) is 10.1 Å². The second-order valence-electron chi connectivity index (χ2n) is 5.04. The van der Waals surface area contributed by atoms with Gasteiger partial charge in [-0.3, -0.25) is 4.79 Å². The van der Waals surface area contributed by atoms with Gasteiger partial charge in [-0.15, -0.1) is 0 Å². The van der Waals surface area contributed by atoms with Crippen molar-refractivity contribution in [1.82, 2.24) is 10.2 Å². The molecule has 1 aliphatic rings. The summed E-state index contributed by atoms with van der Waals surface area (Å²) in [5, 5.41) is 2.84. The molecule has 0 spiro atoms. The van der Waals surface area contributed by atoms with Crippen LogP contribution in [0.2, 0.25) is 0 Å². The second-order valence-corrected chi connectivity index (χ2v) is 5.04. The zero-order valence-electron chi connectivity index (χ0n) is 12.4. The van der Waals surface area contributed by atoms with Gasteiger partial charge in [-0.25, -0.2) is 9.18 Å². The molecule has 0 radical (unpaired) electrons. The van der Waals surface area contributed by atoms with Crippen LogP contribution in [0.3, 0.4) is 0 Å². The van der Waals surface area contributed by atoms with Gasteiger partial charge in [0, 0.05) is 25.2 Å². The number of halogens is 1.